The molecule has 0 unspecified atom stereocenters. The van der Waals surface area contributed by atoms with Gasteiger partial charge in [-0.2, -0.15) is 15.4 Å². The lowest BCUT2D eigenvalue weighted by Gasteiger charge is -2.34. The van der Waals surface area contributed by atoms with E-state index in [2.05, 4.69) is 20.7 Å². The van der Waals surface area contributed by atoms with Gasteiger partial charge in [-0.25, -0.2) is 0 Å². The molecule has 1 aliphatic rings. The molecule has 23 heavy (non-hydrogen) atoms. The standard InChI is InChI=1S/C16H19N5O2/c22-15(17-10-13-11-18-20-19-13)14-8-4-5-9-21(14)16(23)12-6-2-1-3-7-12/h1-3,6-7,11,14H,4-5,8-10H2,(H,17,22)(H,18,19,20)/t14-/m1/s1. The summed E-state index contributed by atoms with van der Waals surface area (Å²) in [5.41, 5.74) is 1.28. The topological polar surface area (TPSA) is 91.0 Å². The molecule has 2 amide bonds. The summed E-state index contributed by atoms with van der Waals surface area (Å²) in [7, 11) is 0. The Kier molecular flexibility index (Phi) is 4.65. The van der Waals surface area contributed by atoms with E-state index in [0.29, 0.717) is 30.8 Å². The van der Waals surface area contributed by atoms with Gasteiger partial charge in [-0.3, -0.25) is 9.59 Å². The molecule has 7 nitrogen and oxygen atoms in total. The number of hydrogen-bond acceptors (Lipinski definition) is 4. The van der Waals surface area contributed by atoms with Crippen LogP contribution in [0.4, 0.5) is 0 Å². The average molecular weight is 313 g/mol. The molecular formula is C16H19N5O2. The van der Waals surface area contributed by atoms with Crippen molar-refractivity contribution >= 4 is 11.8 Å². The number of hydrogen-bond donors (Lipinski definition) is 2. The number of H-pyrrole nitrogens is 1. The Morgan fingerprint density at radius 1 is 1.26 bits per heavy atom. The summed E-state index contributed by atoms with van der Waals surface area (Å²) in [5, 5.41) is 12.9. The number of nitrogens with zero attached hydrogens (tertiary/aromatic N) is 3. The van der Waals surface area contributed by atoms with Crippen LogP contribution in [0.5, 0.6) is 0 Å². The number of benzene rings is 1. The largest absolute Gasteiger partial charge is 0.349 e. The van der Waals surface area contributed by atoms with E-state index in [9.17, 15) is 9.59 Å². The molecule has 1 aromatic carbocycles. The first-order chi connectivity index (χ1) is 11.3. The third-order valence-corrected chi connectivity index (χ3v) is 4.00. The maximum atomic E-state index is 12.7. The van der Waals surface area contributed by atoms with Gasteiger partial charge < -0.3 is 10.2 Å². The summed E-state index contributed by atoms with van der Waals surface area (Å²) in [5.74, 6) is -0.233. The monoisotopic (exact) mass is 313 g/mol. The average Bonchev–Trinajstić information content (AvgIpc) is 3.13. The third kappa shape index (κ3) is 3.56. The van der Waals surface area contributed by atoms with Crippen LogP contribution in [0.1, 0.15) is 35.3 Å². The number of rotatable bonds is 4. The molecule has 1 aromatic heterocycles. The highest BCUT2D eigenvalue weighted by Crippen LogP contribution is 2.20. The quantitative estimate of drug-likeness (QED) is 0.885. The molecule has 2 N–H and O–H groups in total. The number of amides is 2. The SMILES string of the molecule is O=C(NCc1cn[nH]n1)[C@H]1CCCCN1C(=O)c1ccccc1. The highest BCUT2D eigenvalue weighted by Gasteiger charge is 2.32. The van der Waals surface area contributed by atoms with E-state index in [-0.39, 0.29) is 11.8 Å². The number of aromatic nitrogens is 3. The van der Waals surface area contributed by atoms with E-state index in [4.69, 9.17) is 0 Å². The molecule has 1 atom stereocenters. The van der Waals surface area contributed by atoms with Gasteiger partial charge in [0.15, 0.2) is 0 Å². The Balaban J connectivity index is 1.68. The molecule has 3 rings (SSSR count). The second kappa shape index (κ2) is 7.04. The van der Waals surface area contributed by atoms with E-state index < -0.39 is 6.04 Å². The minimum atomic E-state index is -0.427. The van der Waals surface area contributed by atoms with Crippen molar-refractivity contribution in [3.05, 3.63) is 47.8 Å². The number of likely N-dealkylation sites (tertiary alicyclic amines) is 1. The van der Waals surface area contributed by atoms with Crippen LogP contribution in [-0.2, 0) is 11.3 Å². The maximum absolute atomic E-state index is 12.7. The Labute approximate surface area is 134 Å². The predicted molar refractivity (Wildman–Crippen MR) is 83.3 cm³/mol. The molecule has 1 saturated heterocycles. The van der Waals surface area contributed by atoms with Crippen molar-refractivity contribution in [3.63, 3.8) is 0 Å². The van der Waals surface area contributed by atoms with Gasteiger partial charge in [0.25, 0.3) is 5.91 Å². The first-order valence-corrected chi connectivity index (χ1v) is 7.74. The van der Waals surface area contributed by atoms with Gasteiger partial charge in [-0.1, -0.05) is 18.2 Å². The Morgan fingerprint density at radius 2 is 2.09 bits per heavy atom. The Bertz CT molecular complexity index is 656. The minimum absolute atomic E-state index is 0.0908. The van der Waals surface area contributed by atoms with E-state index in [1.165, 1.54) is 0 Å². The van der Waals surface area contributed by atoms with Gasteiger partial charge in [-0.15, -0.1) is 0 Å². The molecule has 0 spiro atoms. The molecule has 0 aliphatic carbocycles. The molecule has 1 aliphatic heterocycles. The van der Waals surface area contributed by atoms with Crippen LogP contribution in [0.2, 0.25) is 0 Å². The smallest absolute Gasteiger partial charge is 0.254 e. The fraction of sp³-hybridized carbons (Fsp3) is 0.375. The van der Waals surface area contributed by atoms with Gasteiger partial charge in [-0.05, 0) is 31.4 Å². The van der Waals surface area contributed by atoms with Gasteiger partial charge in [0.1, 0.15) is 11.7 Å². The predicted octanol–water partition coefficient (Wildman–Crippen LogP) is 1.12. The van der Waals surface area contributed by atoms with Crippen molar-refractivity contribution in [2.75, 3.05) is 6.54 Å². The molecule has 1 fully saturated rings. The lowest BCUT2D eigenvalue weighted by molar-refractivity contribution is -0.126. The molecule has 0 bridgehead atoms. The summed E-state index contributed by atoms with van der Waals surface area (Å²) < 4.78 is 0. The van der Waals surface area contributed by atoms with Crippen LogP contribution in [0.3, 0.4) is 0 Å². The Hall–Kier alpha value is -2.70. The molecule has 0 saturated carbocycles. The van der Waals surface area contributed by atoms with E-state index in [1.54, 1.807) is 23.2 Å². The van der Waals surface area contributed by atoms with Crippen LogP contribution in [0, 0.1) is 0 Å². The second-order valence-corrected chi connectivity index (χ2v) is 5.56. The number of carbonyl (C=O) groups is 2. The fourth-order valence-electron chi connectivity index (χ4n) is 2.80. The zero-order valence-corrected chi connectivity index (χ0v) is 12.7. The van der Waals surface area contributed by atoms with E-state index in [1.807, 2.05) is 18.2 Å². The Morgan fingerprint density at radius 3 is 2.83 bits per heavy atom. The highest BCUT2D eigenvalue weighted by molar-refractivity contribution is 5.97. The van der Waals surface area contributed by atoms with Crippen LogP contribution >= 0.6 is 0 Å². The zero-order valence-electron chi connectivity index (χ0n) is 12.7. The van der Waals surface area contributed by atoms with E-state index in [0.717, 1.165) is 12.8 Å². The van der Waals surface area contributed by atoms with Gasteiger partial charge >= 0.3 is 0 Å². The van der Waals surface area contributed by atoms with Gasteiger partial charge in [0.2, 0.25) is 5.91 Å². The van der Waals surface area contributed by atoms with Crippen molar-refractivity contribution in [2.45, 2.75) is 31.8 Å². The molecular weight excluding hydrogens is 294 g/mol. The summed E-state index contributed by atoms with van der Waals surface area (Å²) >= 11 is 0. The third-order valence-electron chi connectivity index (χ3n) is 4.00. The van der Waals surface area contributed by atoms with Crippen molar-refractivity contribution in [1.82, 2.24) is 25.6 Å². The van der Waals surface area contributed by atoms with Crippen molar-refractivity contribution in [1.29, 1.82) is 0 Å². The van der Waals surface area contributed by atoms with Crippen LogP contribution in [0.15, 0.2) is 36.5 Å². The highest BCUT2D eigenvalue weighted by atomic mass is 16.2. The van der Waals surface area contributed by atoms with Crippen molar-refractivity contribution in [2.24, 2.45) is 0 Å². The van der Waals surface area contributed by atoms with Gasteiger partial charge in [0, 0.05) is 12.1 Å². The summed E-state index contributed by atoms with van der Waals surface area (Å²) in [6.07, 6.45) is 4.11. The molecule has 2 heterocycles. The molecule has 0 radical (unpaired) electrons. The van der Waals surface area contributed by atoms with E-state index >= 15 is 0 Å². The molecule has 7 heteroatoms. The van der Waals surface area contributed by atoms with Crippen LogP contribution < -0.4 is 5.32 Å². The summed E-state index contributed by atoms with van der Waals surface area (Å²) in [4.78, 5) is 26.8. The van der Waals surface area contributed by atoms with Crippen LogP contribution in [0.25, 0.3) is 0 Å². The first-order valence-electron chi connectivity index (χ1n) is 7.74. The van der Waals surface area contributed by atoms with Crippen LogP contribution in [-0.4, -0.2) is 44.7 Å². The fourth-order valence-corrected chi connectivity index (χ4v) is 2.80. The number of aromatic amines is 1. The summed E-state index contributed by atoms with van der Waals surface area (Å²) in [6.45, 7) is 0.912. The normalized spacial score (nSPS) is 17.7. The lowest BCUT2D eigenvalue weighted by Crippen LogP contribution is -2.51. The van der Waals surface area contributed by atoms with Gasteiger partial charge in [0.05, 0.1) is 12.7 Å². The first kappa shape index (κ1) is 15.2. The number of carbonyl (C=O) groups excluding carboxylic acids is 2. The van der Waals surface area contributed by atoms with Crippen molar-refractivity contribution in [3.8, 4) is 0 Å². The zero-order chi connectivity index (χ0) is 16.1. The lowest BCUT2D eigenvalue weighted by atomic mass is 10.00. The second-order valence-electron chi connectivity index (χ2n) is 5.56. The summed E-state index contributed by atoms with van der Waals surface area (Å²) in [6, 6.07) is 8.66. The molecule has 120 valence electrons. The maximum Gasteiger partial charge on any atom is 0.254 e. The number of nitrogens with one attached hydrogen (secondary N) is 2. The minimum Gasteiger partial charge on any atom is -0.349 e. The number of piperidine rings is 1. The van der Waals surface area contributed by atoms with Crippen molar-refractivity contribution < 1.29 is 9.59 Å². The molecule has 2 aromatic rings.